The summed E-state index contributed by atoms with van der Waals surface area (Å²) in [5, 5.41) is 3.37. The van der Waals surface area contributed by atoms with Crippen LogP contribution in [0.5, 0.6) is 5.75 Å². The van der Waals surface area contributed by atoms with Gasteiger partial charge in [-0.2, -0.15) is 0 Å². The summed E-state index contributed by atoms with van der Waals surface area (Å²) in [6.45, 7) is 1.84. The summed E-state index contributed by atoms with van der Waals surface area (Å²) >= 11 is 0. The van der Waals surface area contributed by atoms with Crippen LogP contribution in [0.2, 0.25) is 0 Å². The fourth-order valence-corrected chi connectivity index (χ4v) is 3.49. The highest BCUT2D eigenvalue weighted by molar-refractivity contribution is 5.97. The molecule has 1 aromatic heterocycles. The number of nitrogens with one attached hydrogen (secondary N) is 1. The molecule has 166 valence electrons. The zero-order valence-electron chi connectivity index (χ0n) is 18.1. The molecule has 0 aliphatic carbocycles. The summed E-state index contributed by atoms with van der Waals surface area (Å²) in [4.78, 5) is 37.3. The van der Waals surface area contributed by atoms with Gasteiger partial charge in [-0.3, -0.25) is 9.59 Å². The summed E-state index contributed by atoms with van der Waals surface area (Å²) in [7, 11) is 0. The van der Waals surface area contributed by atoms with Gasteiger partial charge in [0.25, 0.3) is 5.91 Å². The van der Waals surface area contributed by atoms with E-state index in [2.05, 4.69) is 5.32 Å². The second kappa shape index (κ2) is 9.96. The lowest BCUT2D eigenvalue weighted by molar-refractivity contribution is -0.134. The average Bonchev–Trinajstić information content (AvgIpc) is 2.83. The van der Waals surface area contributed by atoms with Gasteiger partial charge in [0.2, 0.25) is 0 Å². The Morgan fingerprint density at radius 1 is 0.939 bits per heavy atom. The molecule has 0 fully saturated rings. The number of amides is 1. The van der Waals surface area contributed by atoms with E-state index >= 15 is 0 Å². The van der Waals surface area contributed by atoms with Crippen molar-refractivity contribution in [3.8, 4) is 5.75 Å². The second-order valence-corrected chi connectivity index (χ2v) is 7.71. The van der Waals surface area contributed by atoms with Gasteiger partial charge in [0, 0.05) is 17.9 Å². The number of carbonyl (C=O) groups excluding carboxylic acids is 2. The number of carbonyl (C=O) groups is 2. The van der Waals surface area contributed by atoms with Crippen LogP contribution in [0.1, 0.15) is 40.9 Å². The van der Waals surface area contributed by atoms with E-state index in [0.29, 0.717) is 11.8 Å². The Hall–Kier alpha value is -4.19. The maximum absolute atomic E-state index is 12.7. The van der Waals surface area contributed by atoms with Gasteiger partial charge in [-0.25, -0.2) is 4.79 Å². The number of esters is 1. The Balaban J connectivity index is 1.45. The van der Waals surface area contributed by atoms with Crippen molar-refractivity contribution < 1.29 is 18.7 Å². The number of hydrogen-bond acceptors (Lipinski definition) is 5. The van der Waals surface area contributed by atoms with Gasteiger partial charge in [-0.05, 0) is 42.7 Å². The molecule has 1 amide bonds. The smallest absolute Gasteiger partial charge is 0.349 e. The molecule has 33 heavy (non-hydrogen) atoms. The van der Waals surface area contributed by atoms with E-state index in [1.54, 1.807) is 12.1 Å². The molecule has 0 aliphatic rings. The van der Waals surface area contributed by atoms with Gasteiger partial charge in [0.15, 0.2) is 0 Å². The first kappa shape index (κ1) is 22.0. The molecule has 0 aliphatic heterocycles. The number of rotatable bonds is 7. The zero-order valence-corrected chi connectivity index (χ0v) is 18.1. The summed E-state index contributed by atoms with van der Waals surface area (Å²) in [5.41, 5.74) is 1.37. The molecule has 1 N–H and O–H groups in total. The van der Waals surface area contributed by atoms with Crippen molar-refractivity contribution in [2.24, 2.45) is 0 Å². The molecule has 0 radical (unpaired) electrons. The molecule has 6 heteroatoms. The molecule has 0 spiro atoms. The lowest BCUT2D eigenvalue weighted by Crippen LogP contribution is -2.30. The van der Waals surface area contributed by atoms with E-state index < -0.39 is 11.5 Å². The summed E-state index contributed by atoms with van der Waals surface area (Å²) in [6, 6.07) is 25.1. The van der Waals surface area contributed by atoms with Crippen molar-refractivity contribution in [1.29, 1.82) is 0 Å². The van der Waals surface area contributed by atoms with Crippen LogP contribution in [-0.4, -0.2) is 11.9 Å². The highest BCUT2D eigenvalue weighted by atomic mass is 16.5. The lowest BCUT2D eigenvalue weighted by Gasteiger charge is -2.14. The number of ether oxygens (including phenoxy) is 1. The molecule has 4 aromatic rings. The summed E-state index contributed by atoms with van der Waals surface area (Å²) in [6.07, 6.45) is 0.799. The standard InChI is InChI=1S/C27H23NO5/c1-18(20-10-6-3-7-11-20)28-26(30)23-16-21-13-14-22(17-24(21)33-27(23)31)32-25(29)15-12-19-8-4-2-5-9-19/h2-11,13-14,16-18H,12,15H2,1H3,(H,28,30). The van der Waals surface area contributed by atoms with Crippen LogP contribution >= 0.6 is 0 Å². The summed E-state index contributed by atoms with van der Waals surface area (Å²) in [5.74, 6) is -0.622. The first-order valence-corrected chi connectivity index (χ1v) is 10.7. The molecule has 1 unspecified atom stereocenters. The van der Waals surface area contributed by atoms with Crippen LogP contribution in [0.3, 0.4) is 0 Å². The van der Waals surface area contributed by atoms with E-state index in [0.717, 1.165) is 11.1 Å². The van der Waals surface area contributed by atoms with Crippen LogP contribution < -0.4 is 15.7 Å². The molecule has 0 saturated heterocycles. The van der Waals surface area contributed by atoms with Gasteiger partial charge in [-0.15, -0.1) is 0 Å². The Labute approximate surface area is 190 Å². The number of benzene rings is 3. The van der Waals surface area contributed by atoms with Gasteiger partial charge < -0.3 is 14.5 Å². The lowest BCUT2D eigenvalue weighted by atomic mass is 10.1. The van der Waals surface area contributed by atoms with E-state index in [1.807, 2.05) is 67.6 Å². The highest BCUT2D eigenvalue weighted by Crippen LogP contribution is 2.22. The predicted molar refractivity (Wildman–Crippen MR) is 125 cm³/mol. The SMILES string of the molecule is CC(NC(=O)c1cc2ccc(OC(=O)CCc3ccccc3)cc2oc1=O)c1ccccc1. The van der Waals surface area contributed by atoms with Crippen molar-refractivity contribution in [2.75, 3.05) is 0 Å². The van der Waals surface area contributed by atoms with Gasteiger partial charge in [0.1, 0.15) is 16.9 Å². The number of aryl methyl sites for hydroxylation is 1. The normalized spacial score (nSPS) is 11.7. The fraction of sp³-hybridized carbons (Fsp3) is 0.148. The maximum atomic E-state index is 12.7. The minimum absolute atomic E-state index is 0.0853. The third-order valence-electron chi connectivity index (χ3n) is 5.29. The van der Waals surface area contributed by atoms with Crippen LogP contribution in [0.25, 0.3) is 11.0 Å². The second-order valence-electron chi connectivity index (χ2n) is 7.71. The third kappa shape index (κ3) is 5.54. The first-order chi connectivity index (χ1) is 16.0. The Morgan fingerprint density at radius 2 is 1.64 bits per heavy atom. The minimum Gasteiger partial charge on any atom is -0.426 e. The topological polar surface area (TPSA) is 85.6 Å². The quantitative estimate of drug-likeness (QED) is 0.252. The van der Waals surface area contributed by atoms with Crippen LogP contribution in [0, 0.1) is 0 Å². The van der Waals surface area contributed by atoms with Crippen molar-refractivity contribution in [1.82, 2.24) is 5.32 Å². The van der Waals surface area contributed by atoms with Crippen LogP contribution in [0.15, 0.2) is 94.1 Å². The molecule has 4 rings (SSSR count). The zero-order chi connectivity index (χ0) is 23.2. The number of hydrogen-bond donors (Lipinski definition) is 1. The monoisotopic (exact) mass is 441 g/mol. The molecule has 3 aromatic carbocycles. The summed E-state index contributed by atoms with van der Waals surface area (Å²) < 4.78 is 10.7. The molecule has 1 heterocycles. The fourth-order valence-electron chi connectivity index (χ4n) is 3.49. The largest absolute Gasteiger partial charge is 0.426 e. The minimum atomic E-state index is -0.757. The molecule has 0 saturated carbocycles. The molecule has 1 atom stereocenters. The third-order valence-corrected chi connectivity index (χ3v) is 5.29. The Morgan fingerprint density at radius 3 is 2.36 bits per heavy atom. The molecule has 6 nitrogen and oxygen atoms in total. The predicted octanol–water partition coefficient (Wildman–Crippen LogP) is 4.82. The van der Waals surface area contributed by atoms with Gasteiger partial charge >= 0.3 is 11.6 Å². The van der Waals surface area contributed by atoms with Crippen molar-refractivity contribution >= 4 is 22.8 Å². The maximum Gasteiger partial charge on any atom is 0.349 e. The highest BCUT2D eigenvalue weighted by Gasteiger charge is 2.17. The van der Waals surface area contributed by atoms with E-state index in [-0.39, 0.29) is 35.3 Å². The molecular weight excluding hydrogens is 418 g/mol. The van der Waals surface area contributed by atoms with Crippen molar-refractivity contribution in [2.45, 2.75) is 25.8 Å². The van der Waals surface area contributed by atoms with Crippen molar-refractivity contribution in [3.05, 3.63) is 112 Å². The van der Waals surface area contributed by atoms with Gasteiger partial charge in [-0.1, -0.05) is 60.7 Å². The molecular formula is C27H23NO5. The van der Waals surface area contributed by atoms with Crippen LogP contribution in [0.4, 0.5) is 0 Å². The van der Waals surface area contributed by atoms with Crippen molar-refractivity contribution in [3.63, 3.8) is 0 Å². The van der Waals surface area contributed by atoms with E-state index in [9.17, 15) is 14.4 Å². The average molecular weight is 441 g/mol. The number of fused-ring (bicyclic) bond motifs is 1. The Bertz CT molecular complexity index is 1330. The van der Waals surface area contributed by atoms with Crippen LogP contribution in [-0.2, 0) is 11.2 Å². The van der Waals surface area contributed by atoms with Gasteiger partial charge in [0.05, 0.1) is 6.04 Å². The molecule has 0 bridgehead atoms. The van der Waals surface area contributed by atoms with E-state index in [1.165, 1.54) is 12.1 Å². The first-order valence-electron chi connectivity index (χ1n) is 10.7. The Kier molecular flexibility index (Phi) is 6.64. The van der Waals surface area contributed by atoms with E-state index in [4.69, 9.17) is 9.15 Å².